The normalized spacial score (nSPS) is 12.9. The number of fused-ring (bicyclic) bond motifs is 1. The van der Waals surface area contributed by atoms with Crippen LogP contribution in [0.1, 0.15) is 29.3 Å². The Bertz CT molecular complexity index is 861. The Morgan fingerprint density at radius 1 is 1.04 bits per heavy atom. The van der Waals surface area contributed by atoms with E-state index in [0.29, 0.717) is 17.9 Å². The molecule has 1 aliphatic heterocycles. The smallest absolute Gasteiger partial charge is 0.344 e. The molecule has 2 aromatic rings. The van der Waals surface area contributed by atoms with Gasteiger partial charge in [0, 0.05) is 17.8 Å². The zero-order valence-electron chi connectivity index (χ0n) is 15.1. The molecule has 0 spiro atoms. The number of carbonyl (C=O) groups is 3. The van der Waals surface area contributed by atoms with Crippen LogP contribution in [0.5, 0.6) is 5.75 Å². The first-order valence-electron chi connectivity index (χ1n) is 8.82. The number of hydrogen-bond acceptors (Lipinski definition) is 5. The summed E-state index contributed by atoms with van der Waals surface area (Å²) in [5.41, 5.74) is 2.50. The lowest BCUT2D eigenvalue weighted by molar-refractivity contribution is -0.149. The summed E-state index contributed by atoms with van der Waals surface area (Å²) in [6, 6.07) is 14.3. The van der Waals surface area contributed by atoms with Gasteiger partial charge in [0.2, 0.25) is 0 Å². The maximum Gasteiger partial charge on any atom is 0.344 e. The minimum atomic E-state index is -0.637. The zero-order chi connectivity index (χ0) is 19.2. The van der Waals surface area contributed by atoms with Crippen molar-refractivity contribution in [1.82, 2.24) is 0 Å². The molecule has 1 aliphatic rings. The summed E-state index contributed by atoms with van der Waals surface area (Å²) in [7, 11) is 0. The second kappa shape index (κ2) is 8.49. The molecule has 0 unspecified atom stereocenters. The Morgan fingerprint density at radius 3 is 2.67 bits per heavy atom. The lowest BCUT2D eigenvalue weighted by Crippen LogP contribution is -2.38. The van der Waals surface area contributed by atoms with Gasteiger partial charge in [-0.2, -0.15) is 0 Å². The number of para-hydroxylation sites is 1. The van der Waals surface area contributed by atoms with Gasteiger partial charge in [-0.1, -0.05) is 30.3 Å². The fraction of sp³-hybridized carbons (Fsp3) is 0.286. The Hall–Kier alpha value is -3.15. The van der Waals surface area contributed by atoms with Crippen molar-refractivity contribution in [2.24, 2.45) is 0 Å². The van der Waals surface area contributed by atoms with Crippen molar-refractivity contribution in [2.45, 2.75) is 19.8 Å². The maximum absolute atomic E-state index is 12.4. The first-order chi connectivity index (χ1) is 13.0. The number of ketones is 1. The van der Waals surface area contributed by atoms with Crippen molar-refractivity contribution in [2.75, 3.05) is 24.7 Å². The largest absolute Gasteiger partial charge is 0.482 e. The molecule has 0 saturated carbocycles. The first kappa shape index (κ1) is 18.6. The van der Waals surface area contributed by atoms with Crippen LogP contribution in [0, 0.1) is 0 Å². The van der Waals surface area contributed by atoms with Gasteiger partial charge >= 0.3 is 5.97 Å². The fourth-order valence-electron chi connectivity index (χ4n) is 3.00. The summed E-state index contributed by atoms with van der Waals surface area (Å²) in [6.45, 7) is 1.41. The number of amides is 1. The van der Waals surface area contributed by atoms with Gasteiger partial charge in [0.25, 0.3) is 5.91 Å². The second-order valence-corrected chi connectivity index (χ2v) is 6.31. The molecular formula is C21H21NO5. The van der Waals surface area contributed by atoms with E-state index in [1.165, 1.54) is 6.92 Å². The number of nitrogens with zero attached hydrogens (tertiary/aromatic N) is 1. The number of ether oxygens (including phenoxy) is 2. The zero-order valence-corrected chi connectivity index (χ0v) is 15.1. The molecule has 0 N–H and O–H groups in total. The number of esters is 1. The van der Waals surface area contributed by atoms with Gasteiger partial charge in [0.05, 0.1) is 0 Å². The molecule has 3 rings (SSSR count). The van der Waals surface area contributed by atoms with Crippen LogP contribution in [-0.2, 0) is 20.7 Å². The highest BCUT2D eigenvalue weighted by Crippen LogP contribution is 2.26. The number of Topliss-reactive ketones (excluding diaryl/α,β-unsaturated/α-hetero) is 1. The van der Waals surface area contributed by atoms with Crippen molar-refractivity contribution in [3.05, 3.63) is 59.7 Å². The van der Waals surface area contributed by atoms with E-state index in [4.69, 9.17) is 9.47 Å². The van der Waals surface area contributed by atoms with Crippen LogP contribution in [0.25, 0.3) is 0 Å². The number of aryl methyl sites for hydroxylation is 1. The summed E-state index contributed by atoms with van der Waals surface area (Å²) in [5.74, 6) is -0.581. The number of carbonyl (C=O) groups excluding carboxylic acids is 3. The van der Waals surface area contributed by atoms with Gasteiger partial charge < -0.3 is 14.4 Å². The SMILES string of the molecule is CC(=O)c1cccc(OCC(=O)OCC(=O)N2CCCc3ccccc32)c1. The molecule has 6 heteroatoms. The average Bonchev–Trinajstić information content (AvgIpc) is 2.70. The van der Waals surface area contributed by atoms with Crippen molar-refractivity contribution < 1.29 is 23.9 Å². The Kier molecular flexibility index (Phi) is 5.86. The third-order valence-electron chi connectivity index (χ3n) is 4.37. The van der Waals surface area contributed by atoms with E-state index in [2.05, 4.69) is 0 Å². The fourth-order valence-corrected chi connectivity index (χ4v) is 3.00. The topological polar surface area (TPSA) is 72.9 Å². The van der Waals surface area contributed by atoms with Crippen LogP contribution < -0.4 is 9.64 Å². The Morgan fingerprint density at radius 2 is 1.85 bits per heavy atom. The Labute approximate surface area is 157 Å². The lowest BCUT2D eigenvalue weighted by Gasteiger charge is -2.29. The first-order valence-corrected chi connectivity index (χ1v) is 8.82. The molecule has 1 heterocycles. The van der Waals surface area contributed by atoms with Gasteiger partial charge in [0.1, 0.15) is 5.75 Å². The van der Waals surface area contributed by atoms with Gasteiger partial charge in [-0.25, -0.2) is 4.79 Å². The van der Waals surface area contributed by atoms with E-state index in [0.717, 1.165) is 24.1 Å². The van der Waals surface area contributed by atoms with Gasteiger partial charge in [-0.05, 0) is 43.5 Å². The van der Waals surface area contributed by atoms with Crippen LogP contribution in [0.2, 0.25) is 0 Å². The minimum Gasteiger partial charge on any atom is -0.482 e. The van der Waals surface area contributed by atoms with E-state index < -0.39 is 5.97 Å². The van der Waals surface area contributed by atoms with Crippen LogP contribution in [-0.4, -0.2) is 37.4 Å². The predicted molar refractivity (Wildman–Crippen MR) is 100 cm³/mol. The molecule has 6 nitrogen and oxygen atoms in total. The molecule has 0 saturated heterocycles. The molecule has 27 heavy (non-hydrogen) atoms. The maximum atomic E-state index is 12.4. The molecule has 2 aromatic carbocycles. The third-order valence-corrected chi connectivity index (χ3v) is 4.37. The summed E-state index contributed by atoms with van der Waals surface area (Å²) < 4.78 is 10.4. The molecular weight excluding hydrogens is 346 g/mol. The number of hydrogen-bond donors (Lipinski definition) is 0. The Balaban J connectivity index is 1.50. The van der Waals surface area contributed by atoms with E-state index in [1.807, 2.05) is 24.3 Å². The van der Waals surface area contributed by atoms with Crippen LogP contribution >= 0.6 is 0 Å². The van der Waals surface area contributed by atoms with E-state index >= 15 is 0 Å². The average molecular weight is 367 g/mol. The second-order valence-electron chi connectivity index (χ2n) is 6.31. The number of benzene rings is 2. The molecule has 1 amide bonds. The molecule has 0 aromatic heterocycles. The van der Waals surface area contributed by atoms with Crippen molar-refractivity contribution >= 4 is 23.3 Å². The van der Waals surface area contributed by atoms with E-state index in [-0.39, 0.29) is 24.9 Å². The highest BCUT2D eigenvalue weighted by atomic mass is 16.6. The summed E-state index contributed by atoms with van der Waals surface area (Å²) >= 11 is 0. The van der Waals surface area contributed by atoms with Crippen molar-refractivity contribution in [1.29, 1.82) is 0 Å². The monoisotopic (exact) mass is 367 g/mol. The minimum absolute atomic E-state index is 0.0876. The molecule has 140 valence electrons. The molecule has 0 aliphatic carbocycles. The predicted octanol–water partition coefficient (Wildman–Crippen LogP) is 2.79. The number of anilines is 1. The van der Waals surface area contributed by atoms with Gasteiger partial charge in [0.15, 0.2) is 19.0 Å². The van der Waals surface area contributed by atoms with Gasteiger partial charge in [-0.15, -0.1) is 0 Å². The summed E-state index contributed by atoms with van der Waals surface area (Å²) in [4.78, 5) is 37.3. The third kappa shape index (κ3) is 4.73. The lowest BCUT2D eigenvalue weighted by atomic mass is 10.0. The highest BCUT2D eigenvalue weighted by molar-refractivity contribution is 5.96. The quantitative estimate of drug-likeness (QED) is 0.580. The highest BCUT2D eigenvalue weighted by Gasteiger charge is 2.23. The van der Waals surface area contributed by atoms with Crippen LogP contribution in [0.15, 0.2) is 48.5 Å². The number of rotatable bonds is 6. The van der Waals surface area contributed by atoms with Crippen LogP contribution in [0.3, 0.4) is 0 Å². The summed E-state index contributed by atoms with van der Waals surface area (Å²) in [6.07, 6.45) is 1.82. The van der Waals surface area contributed by atoms with E-state index in [1.54, 1.807) is 29.2 Å². The van der Waals surface area contributed by atoms with Crippen molar-refractivity contribution in [3.63, 3.8) is 0 Å². The molecule has 0 bridgehead atoms. The summed E-state index contributed by atoms with van der Waals surface area (Å²) in [5, 5.41) is 0. The van der Waals surface area contributed by atoms with Gasteiger partial charge in [-0.3, -0.25) is 9.59 Å². The van der Waals surface area contributed by atoms with Crippen LogP contribution in [0.4, 0.5) is 5.69 Å². The standard InChI is InChI=1S/C21H21NO5/c1-15(23)17-7-4-9-18(12-17)26-14-21(25)27-13-20(24)22-11-5-8-16-6-2-3-10-19(16)22/h2-4,6-7,9-10,12H,5,8,11,13-14H2,1H3. The van der Waals surface area contributed by atoms with Crippen molar-refractivity contribution in [3.8, 4) is 5.75 Å². The van der Waals surface area contributed by atoms with E-state index in [9.17, 15) is 14.4 Å². The molecule has 0 fully saturated rings. The molecule has 0 atom stereocenters. The molecule has 0 radical (unpaired) electrons.